The Bertz CT molecular complexity index is 785. The van der Waals surface area contributed by atoms with Gasteiger partial charge in [-0.05, 0) is 25.0 Å². The van der Waals surface area contributed by atoms with Crippen molar-refractivity contribution in [2.24, 2.45) is 0 Å². The van der Waals surface area contributed by atoms with E-state index in [0.29, 0.717) is 11.4 Å². The van der Waals surface area contributed by atoms with E-state index in [4.69, 9.17) is 11.6 Å². The summed E-state index contributed by atoms with van der Waals surface area (Å²) in [6, 6.07) is 9.08. The van der Waals surface area contributed by atoms with Crippen LogP contribution in [0.5, 0.6) is 0 Å². The minimum atomic E-state index is -0.402. The monoisotopic (exact) mass is 346 g/mol. The zero-order chi connectivity index (χ0) is 17.1. The summed E-state index contributed by atoms with van der Waals surface area (Å²) >= 11 is 6.25. The molecule has 0 saturated carbocycles. The third-order valence-electron chi connectivity index (χ3n) is 4.14. The topological polar surface area (TPSA) is 58.4 Å². The molecular formula is C17H19ClN4O2. The van der Waals surface area contributed by atoms with Crippen LogP contribution < -0.4 is 10.5 Å². The zero-order valence-corrected chi connectivity index (χ0v) is 14.2. The standard InChI is InChI=1S/C17H19ClN4O2/c1-20(12-15(23)21-9-5-6-10-21)14-11-19-22(17(24)16(14)18)13-7-3-2-4-8-13/h2-4,7-8,11H,5-6,9-10,12H2,1H3. The SMILES string of the molecule is CN(CC(=O)N1CCCC1)c1cnn(-c2ccccc2)c(=O)c1Cl. The summed E-state index contributed by atoms with van der Waals surface area (Å²) in [4.78, 5) is 28.2. The first-order valence-electron chi connectivity index (χ1n) is 7.90. The average Bonchev–Trinajstić information content (AvgIpc) is 3.12. The largest absolute Gasteiger partial charge is 0.363 e. The third-order valence-corrected chi connectivity index (χ3v) is 4.50. The molecule has 1 aliphatic rings. The van der Waals surface area contributed by atoms with Gasteiger partial charge >= 0.3 is 0 Å². The van der Waals surface area contributed by atoms with Gasteiger partial charge in [-0.3, -0.25) is 9.59 Å². The molecule has 3 rings (SSSR count). The number of likely N-dealkylation sites (tertiary alicyclic amines) is 1. The maximum atomic E-state index is 12.5. The molecule has 0 bridgehead atoms. The van der Waals surface area contributed by atoms with Gasteiger partial charge < -0.3 is 9.80 Å². The predicted molar refractivity (Wildman–Crippen MR) is 93.9 cm³/mol. The molecular weight excluding hydrogens is 328 g/mol. The maximum absolute atomic E-state index is 12.5. The number of para-hydroxylation sites is 1. The summed E-state index contributed by atoms with van der Waals surface area (Å²) in [5, 5.41) is 4.25. The van der Waals surface area contributed by atoms with Gasteiger partial charge in [0.15, 0.2) is 0 Å². The lowest BCUT2D eigenvalue weighted by atomic mass is 10.3. The molecule has 1 aromatic heterocycles. The quantitative estimate of drug-likeness (QED) is 0.849. The van der Waals surface area contributed by atoms with Crippen molar-refractivity contribution in [3.8, 4) is 5.69 Å². The summed E-state index contributed by atoms with van der Waals surface area (Å²) in [7, 11) is 1.74. The first-order valence-corrected chi connectivity index (χ1v) is 8.28. The van der Waals surface area contributed by atoms with E-state index in [-0.39, 0.29) is 17.5 Å². The van der Waals surface area contributed by atoms with E-state index in [9.17, 15) is 9.59 Å². The number of halogens is 1. The van der Waals surface area contributed by atoms with Gasteiger partial charge in [-0.1, -0.05) is 29.8 Å². The average molecular weight is 347 g/mol. The number of hydrogen-bond acceptors (Lipinski definition) is 4. The summed E-state index contributed by atoms with van der Waals surface area (Å²) in [5.74, 6) is 0.0401. The third kappa shape index (κ3) is 3.28. The van der Waals surface area contributed by atoms with Crippen LogP contribution in [0.25, 0.3) is 5.69 Å². The molecule has 1 aromatic carbocycles. The first-order chi connectivity index (χ1) is 11.6. The van der Waals surface area contributed by atoms with Crippen LogP contribution in [0.3, 0.4) is 0 Å². The fourth-order valence-corrected chi connectivity index (χ4v) is 3.07. The van der Waals surface area contributed by atoms with Crippen LogP contribution in [0.15, 0.2) is 41.3 Å². The van der Waals surface area contributed by atoms with Gasteiger partial charge in [0.2, 0.25) is 5.91 Å². The second-order valence-corrected chi connectivity index (χ2v) is 6.22. The number of aromatic nitrogens is 2. The molecule has 1 aliphatic heterocycles. The summed E-state index contributed by atoms with van der Waals surface area (Å²) in [6.45, 7) is 1.78. The van der Waals surface area contributed by atoms with Crippen LogP contribution in [0.1, 0.15) is 12.8 Å². The highest BCUT2D eigenvalue weighted by Crippen LogP contribution is 2.21. The molecule has 1 amide bonds. The lowest BCUT2D eigenvalue weighted by Crippen LogP contribution is -2.38. The second-order valence-electron chi connectivity index (χ2n) is 5.84. The second kappa shape index (κ2) is 7.05. The molecule has 0 radical (unpaired) electrons. The maximum Gasteiger partial charge on any atom is 0.292 e. The molecule has 2 heterocycles. The Morgan fingerprint density at radius 1 is 1.25 bits per heavy atom. The van der Waals surface area contributed by atoms with Crippen LogP contribution in [-0.2, 0) is 4.79 Å². The molecule has 24 heavy (non-hydrogen) atoms. The van der Waals surface area contributed by atoms with Gasteiger partial charge in [-0.15, -0.1) is 0 Å². The van der Waals surface area contributed by atoms with Crippen molar-refractivity contribution in [2.75, 3.05) is 31.6 Å². The molecule has 7 heteroatoms. The summed E-state index contributed by atoms with van der Waals surface area (Å²) < 4.78 is 1.25. The van der Waals surface area contributed by atoms with E-state index < -0.39 is 5.56 Å². The van der Waals surface area contributed by atoms with Crippen LogP contribution in [0.4, 0.5) is 5.69 Å². The van der Waals surface area contributed by atoms with Crippen molar-refractivity contribution in [3.05, 3.63) is 51.9 Å². The van der Waals surface area contributed by atoms with E-state index in [0.717, 1.165) is 25.9 Å². The summed E-state index contributed by atoms with van der Waals surface area (Å²) in [6.07, 6.45) is 3.61. The molecule has 0 aliphatic carbocycles. The van der Waals surface area contributed by atoms with Crippen molar-refractivity contribution in [2.45, 2.75) is 12.8 Å². The number of amides is 1. The van der Waals surface area contributed by atoms with Gasteiger partial charge in [0.05, 0.1) is 24.1 Å². The van der Waals surface area contributed by atoms with Gasteiger partial charge in [0.1, 0.15) is 5.02 Å². The molecule has 1 fully saturated rings. The van der Waals surface area contributed by atoms with Gasteiger partial charge in [-0.25, -0.2) is 0 Å². The minimum absolute atomic E-state index is 0.0401. The number of nitrogens with zero attached hydrogens (tertiary/aromatic N) is 4. The van der Waals surface area contributed by atoms with E-state index in [2.05, 4.69) is 5.10 Å². The molecule has 1 saturated heterocycles. The number of anilines is 1. The van der Waals surface area contributed by atoms with Gasteiger partial charge in [0.25, 0.3) is 5.56 Å². The number of carbonyl (C=O) groups is 1. The molecule has 2 aromatic rings. The lowest BCUT2D eigenvalue weighted by molar-refractivity contribution is -0.128. The van der Waals surface area contributed by atoms with Crippen LogP contribution >= 0.6 is 11.6 Å². The fourth-order valence-electron chi connectivity index (χ4n) is 2.80. The highest BCUT2D eigenvalue weighted by molar-refractivity contribution is 6.33. The van der Waals surface area contributed by atoms with Crippen LogP contribution in [-0.4, -0.2) is 47.3 Å². The number of carbonyl (C=O) groups excluding carboxylic acids is 1. The molecule has 0 N–H and O–H groups in total. The van der Waals surface area contributed by atoms with Crippen molar-refractivity contribution >= 4 is 23.2 Å². The van der Waals surface area contributed by atoms with Crippen LogP contribution in [0.2, 0.25) is 5.02 Å². The van der Waals surface area contributed by atoms with Crippen molar-refractivity contribution < 1.29 is 4.79 Å². The zero-order valence-electron chi connectivity index (χ0n) is 13.5. The van der Waals surface area contributed by atoms with Crippen molar-refractivity contribution in [3.63, 3.8) is 0 Å². The Labute approximate surface area is 145 Å². The number of hydrogen-bond donors (Lipinski definition) is 0. The van der Waals surface area contributed by atoms with E-state index in [1.54, 1.807) is 24.1 Å². The molecule has 0 unspecified atom stereocenters. The smallest absolute Gasteiger partial charge is 0.292 e. The minimum Gasteiger partial charge on any atom is -0.363 e. The van der Waals surface area contributed by atoms with E-state index in [1.165, 1.54) is 10.9 Å². The highest BCUT2D eigenvalue weighted by Gasteiger charge is 2.21. The van der Waals surface area contributed by atoms with Crippen molar-refractivity contribution in [1.29, 1.82) is 0 Å². The van der Waals surface area contributed by atoms with E-state index in [1.807, 2.05) is 23.1 Å². The van der Waals surface area contributed by atoms with Gasteiger partial charge in [-0.2, -0.15) is 9.78 Å². The predicted octanol–water partition coefficient (Wildman–Crippen LogP) is 1.94. The first kappa shape index (κ1) is 16.5. The molecule has 0 spiro atoms. The Balaban J connectivity index is 1.82. The van der Waals surface area contributed by atoms with Crippen molar-refractivity contribution in [1.82, 2.24) is 14.7 Å². The Morgan fingerprint density at radius 2 is 1.92 bits per heavy atom. The Kier molecular flexibility index (Phi) is 4.85. The molecule has 0 atom stereocenters. The highest BCUT2D eigenvalue weighted by atomic mass is 35.5. The van der Waals surface area contributed by atoms with Gasteiger partial charge in [0, 0.05) is 20.1 Å². The number of likely N-dealkylation sites (N-methyl/N-ethyl adjacent to an activating group) is 1. The Hall–Kier alpha value is -2.34. The lowest BCUT2D eigenvalue weighted by Gasteiger charge is -2.23. The normalized spacial score (nSPS) is 14.0. The summed E-state index contributed by atoms with van der Waals surface area (Å²) in [5.41, 5.74) is 0.703. The van der Waals surface area contributed by atoms with E-state index >= 15 is 0 Å². The Morgan fingerprint density at radius 3 is 2.58 bits per heavy atom. The van der Waals surface area contributed by atoms with Crippen LogP contribution in [0, 0.1) is 0 Å². The fraction of sp³-hybridized carbons (Fsp3) is 0.353. The molecule has 126 valence electrons. The number of benzene rings is 1. The number of rotatable bonds is 4. The molecule has 6 nitrogen and oxygen atoms in total.